The zero-order chi connectivity index (χ0) is 13.2. The molecule has 0 radical (unpaired) electrons. The Hall–Kier alpha value is -1.69. The van der Waals surface area contributed by atoms with Crippen LogP contribution in [0.5, 0.6) is 0 Å². The lowest BCUT2D eigenvalue weighted by atomic mass is 10.1. The highest BCUT2D eigenvalue weighted by Gasteiger charge is 2.29. The van der Waals surface area contributed by atoms with Gasteiger partial charge in [0.05, 0.1) is 12.5 Å². The predicted octanol–water partition coefficient (Wildman–Crippen LogP) is 2.96. The van der Waals surface area contributed by atoms with Gasteiger partial charge >= 0.3 is 0 Å². The minimum absolute atomic E-state index is 0.403. The quantitative estimate of drug-likeness (QED) is 0.795. The number of nitrogen functional groups attached to an aromatic ring is 1. The van der Waals surface area contributed by atoms with Crippen molar-refractivity contribution in [3.05, 3.63) is 23.8 Å². The van der Waals surface area contributed by atoms with Gasteiger partial charge in [-0.3, -0.25) is 0 Å². The molecule has 0 amide bonds. The van der Waals surface area contributed by atoms with Gasteiger partial charge in [-0.15, -0.1) is 0 Å². The minimum atomic E-state index is 0.403. The molecule has 3 nitrogen and oxygen atoms in total. The highest BCUT2D eigenvalue weighted by atomic mass is 15.1. The fourth-order valence-corrected chi connectivity index (χ4v) is 2.54. The SMILES string of the molecule is N#CCc1cc(N(CC2CC2)CC2CC2)ccc1N. The normalized spacial score (nSPS) is 18.1. The summed E-state index contributed by atoms with van der Waals surface area (Å²) in [7, 11) is 0. The molecule has 1 aromatic rings. The maximum Gasteiger partial charge on any atom is 0.0670 e. The molecule has 2 N–H and O–H groups in total. The largest absolute Gasteiger partial charge is 0.398 e. The summed E-state index contributed by atoms with van der Waals surface area (Å²) in [6.45, 7) is 2.35. The van der Waals surface area contributed by atoms with Gasteiger partial charge in [-0.1, -0.05) is 0 Å². The van der Waals surface area contributed by atoms with Crippen molar-refractivity contribution >= 4 is 11.4 Å². The van der Waals surface area contributed by atoms with E-state index in [0.29, 0.717) is 6.42 Å². The predicted molar refractivity (Wildman–Crippen MR) is 77.8 cm³/mol. The fourth-order valence-electron chi connectivity index (χ4n) is 2.54. The zero-order valence-corrected chi connectivity index (χ0v) is 11.3. The number of rotatable bonds is 6. The summed E-state index contributed by atoms with van der Waals surface area (Å²) in [6, 6.07) is 8.38. The molecule has 2 aliphatic carbocycles. The molecule has 0 bridgehead atoms. The Morgan fingerprint density at radius 3 is 2.32 bits per heavy atom. The first-order valence-electron chi connectivity index (χ1n) is 7.26. The third kappa shape index (κ3) is 3.20. The summed E-state index contributed by atoms with van der Waals surface area (Å²) in [6.07, 6.45) is 5.91. The maximum atomic E-state index is 8.87. The van der Waals surface area contributed by atoms with Crippen LogP contribution in [0.2, 0.25) is 0 Å². The molecular weight excluding hydrogens is 234 g/mol. The first-order valence-corrected chi connectivity index (χ1v) is 7.26. The molecule has 2 fully saturated rings. The van der Waals surface area contributed by atoms with E-state index in [0.717, 1.165) is 23.1 Å². The first-order chi connectivity index (χ1) is 9.26. The van der Waals surface area contributed by atoms with Crippen LogP contribution >= 0.6 is 0 Å². The van der Waals surface area contributed by atoms with Crippen LogP contribution in [-0.4, -0.2) is 13.1 Å². The Kier molecular flexibility index (Phi) is 3.33. The molecule has 0 spiro atoms. The summed E-state index contributed by atoms with van der Waals surface area (Å²) >= 11 is 0. The van der Waals surface area contributed by atoms with E-state index < -0.39 is 0 Å². The van der Waals surface area contributed by atoms with Crippen LogP contribution < -0.4 is 10.6 Å². The third-order valence-electron chi connectivity index (χ3n) is 4.11. The second-order valence-electron chi connectivity index (χ2n) is 6.01. The van der Waals surface area contributed by atoms with Gasteiger partial charge in [-0.05, 0) is 61.3 Å². The van der Waals surface area contributed by atoms with E-state index in [9.17, 15) is 0 Å². The average Bonchev–Trinajstić information content (AvgIpc) is 3.26. The van der Waals surface area contributed by atoms with E-state index in [1.165, 1.54) is 44.5 Å². The van der Waals surface area contributed by atoms with Crippen molar-refractivity contribution in [1.82, 2.24) is 0 Å². The molecule has 100 valence electrons. The summed E-state index contributed by atoms with van der Waals surface area (Å²) in [4.78, 5) is 2.51. The van der Waals surface area contributed by atoms with Crippen LogP contribution in [0, 0.1) is 23.2 Å². The van der Waals surface area contributed by atoms with Crippen LogP contribution in [0.25, 0.3) is 0 Å². The first kappa shape index (κ1) is 12.3. The van der Waals surface area contributed by atoms with E-state index >= 15 is 0 Å². The lowest BCUT2D eigenvalue weighted by Crippen LogP contribution is -2.28. The van der Waals surface area contributed by atoms with E-state index in [1.54, 1.807) is 0 Å². The Bertz CT molecular complexity index is 481. The second-order valence-corrected chi connectivity index (χ2v) is 6.01. The van der Waals surface area contributed by atoms with Gasteiger partial charge in [-0.25, -0.2) is 0 Å². The van der Waals surface area contributed by atoms with Gasteiger partial charge in [0.1, 0.15) is 0 Å². The van der Waals surface area contributed by atoms with Gasteiger partial charge in [-0.2, -0.15) is 5.26 Å². The number of nitrogens with two attached hydrogens (primary N) is 1. The molecule has 0 aliphatic heterocycles. The van der Waals surface area contributed by atoms with E-state index in [2.05, 4.69) is 23.1 Å². The number of hydrogen-bond donors (Lipinski definition) is 1. The number of anilines is 2. The van der Waals surface area contributed by atoms with Crippen LogP contribution in [0.3, 0.4) is 0 Å². The minimum Gasteiger partial charge on any atom is -0.398 e. The van der Waals surface area contributed by atoms with Crippen molar-refractivity contribution in [2.45, 2.75) is 32.1 Å². The highest BCUT2D eigenvalue weighted by molar-refractivity contribution is 5.59. The topological polar surface area (TPSA) is 53.0 Å². The lowest BCUT2D eigenvalue weighted by Gasteiger charge is -2.25. The van der Waals surface area contributed by atoms with Crippen molar-refractivity contribution in [2.24, 2.45) is 11.8 Å². The molecule has 19 heavy (non-hydrogen) atoms. The highest BCUT2D eigenvalue weighted by Crippen LogP contribution is 2.36. The van der Waals surface area contributed by atoms with Crippen molar-refractivity contribution in [2.75, 3.05) is 23.7 Å². The second kappa shape index (κ2) is 5.13. The third-order valence-corrected chi connectivity index (χ3v) is 4.11. The Labute approximate surface area is 115 Å². The van der Waals surface area contributed by atoms with Crippen LogP contribution in [0.15, 0.2) is 18.2 Å². The zero-order valence-electron chi connectivity index (χ0n) is 11.3. The van der Waals surface area contributed by atoms with E-state index in [4.69, 9.17) is 11.0 Å². The number of nitrogens with zero attached hydrogens (tertiary/aromatic N) is 2. The lowest BCUT2D eigenvalue weighted by molar-refractivity contribution is 0.679. The van der Waals surface area contributed by atoms with Crippen molar-refractivity contribution < 1.29 is 0 Å². The fraction of sp³-hybridized carbons (Fsp3) is 0.562. The Morgan fingerprint density at radius 1 is 1.16 bits per heavy atom. The van der Waals surface area contributed by atoms with Crippen molar-refractivity contribution in [1.29, 1.82) is 5.26 Å². The molecule has 0 unspecified atom stereocenters. The average molecular weight is 255 g/mol. The standard InChI is InChI=1S/C16H21N3/c17-8-7-14-9-15(5-6-16(14)18)19(10-12-1-2-12)11-13-3-4-13/h5-6,9,12-13H,1-4,7,10-11,18H2. The van der Waals surface area contributed by atoms with Gasteiger partial charge in [0.2, 0.25) is 0 Å². The number of benzene rings is 1. The van der Waals surface area contributed by atoms with Gasteiger partial charge < -0.3 is 10.6 Å². The molecule has 2 aliphatic rings. The molecule has 3 rings (SSSR count). The van der Waals surface area contributed by atoms with E-state index in [-0.39, 0.29) is 0 Å². The monoisotopic (exact) mass is 255 g/mol. The summed E-state index contributed by atoms with van der Waals surface area (Å²) < 4.78 is 0. The summed E-state index contributed by atoms with van der Waals surface area (Å²) in [5.41, 5.74) is 8.89. The van der Waals surface area contributed by atoms with Crippen LogP contribution in [0.1, 0.15) is 31.2 Å². The van der Waals surface area contributed by atoms with Gasteiger partial charge in [0.25, 0.3) is 0 Å². The van der Waals surface area contributed by atoms with Gasteiger partial charge in [0, 0.05) is 24.5 Å². The van der Waals surface area contributed by atoms with Crippen LogP contribution in [-0.2, 0) is 6.42 Å². The van der Waals surface area contributed by atoms with Crippen molar-refractivity contribution in [3.63, 3.8) is 0 Å². The molecule has 0 saturated heterocycles. The molecule has 0 atom stereocenters. The van der Waals surface area contributed by atoms with Crippen molar-refractivity contribution in [3.8, 4) is 6.07 Å². The smallest absolute Gasteiger partial charge is 0.0670 e. The van der Waals surface area contributed by atoms with E-state index in [1.807, 2.05) is 6.07 Å². The molecule has 2 saturated carbocycles. The molecule has 0 aromatic heterocycles. The number of hydrogen-bond acceptors (Lipinski definition) is 3. The summed E-state index contributed by atoms with van der Waals surface area (Å²) in [5.74, 6) is 1.77. The van der Waals surface area contributed by atoms with Gasteiger partial charge in [0.15, 0.2) is 0 Å². The molecule has 0 heterocycles. The molecular formula is C16H21N3. The molecule has 3 heteroatoms. The number of nitriles is 1. The maximum absolute atomic E-state index is 8.87. The molecule has 1 aromatic carbocycles. The Balaban J connectivity index is 1.79. The summed E-state index contributed by atoms with van der Waals surface area (Å²) in [5, 5.41) is 8.87. The Morgan fingerprint density at radius 2 is 1.79 bits per heavy atom. The van der Waals surface area contributed by atoms with Crippen LogP contribution in [0.4, 0.5) is 11.4 Å².